The summed E-state index contributed by atoms with van der Waals surface area (Å²) in [6, 6.07) is 23.3. The first-order valence-electron chi connectivity index (χ1n) is 19.3. The van der Waals surface area contributed by atoms with Gasteiger partial charge in [0.1, 0.15) is 17.7 Å². The van der Waals surface area contributed by atoms with Gasteiger partial charge in [-0.2, -0.15) is 45.4 Å². The Hall–Kier alpha value is -4.68. The Bertz CT molecular complexity index is 2210. The maximum absolute atomic E-state index is 13.9. The Morgan fingerprint density at radius 2 is 1.44 bits per heavy atom. The Kier molecular flexibility index (Phi) is 18.2. The highest BCUT2D eigenvalue weighted by Crippen LogP contribution is 2.37. The first kappa shape index (κ1) is 48.7. The Labute approximate surface area is 369 Å². The molecule has 2 aliphatic rings. The molecular weight excluding hydrogens is 799 g/mol. The lowest BCUT2D eigenvalue weighted by atomic mass is 9.87. The monoisotopic (exact) mass is 857 g/mol. The predicted molar refractivity (Wildman–Crippen MR) is 251 cm³/mol. The number of imidazole rings is 2. The molecule has 4 heterocycles. The average Bonchev–Trinajstić information content (AvgIpc) is 4.02. The van der Waals surface area contributed by atoms with E-state index < -0.39 is 6.04 Å². The van der Waals surface area contributed by atoms with Crippen molar-refractivity contribution in [3.05, 3.63) is 107 Å². The zero-order valence-corrected chi connectivity index (χ0v) is 36.7. The maximum Gasteiger partial charge on any atom is 0.248 e. The summed E-state index contributed by atoms with van der Waals surface area (Å²) in [6.45, 7) is 9.55. The second-order valence-electron chi connectivity index (χ2n) is 15.1. The van der Waals surface area contributed by atoms with Crippen LogP contribution in [-0.4, -0.2) is 74.2 Å². The van der Waals surface area contributed by atoms with Crippen molar-refractivity contribution in [1.82, 2.24) is 29.7 Å². The minimum Gasteiger partial charge on any atom is -0.340 e. The number of H-pyrrole nitrogens is 2. The number of aromatic nitrogens is 4. The Balaban J connectivity index is 0.00000233. The molecule has 0 saturated carbocycles. The molecule has 2 aliphatic heterocycles. The van der Waals surface area contributed by atoms with Gasteiger partial charge in [0.2, 0.25) is 18.2 Å². The standard InChI is InChI=1S/C44H49N7O4.CH4.3H2S/c1-28(2)39(33-11-7-6-8-12-33)43(52)50-23-9-13-37(50)41-45-26-36(49-41)32-20-17-30(18-21-32)15-16-31-19-22-34-35(25-31)48-42(47-34)38-14-10-24-51(38)44(53)40(29(3)4)46-27-55-54-5;;;;/h6-8,11-12,17-22,25-29,37-40H,9-10,13-14,23-24H2,1-5H3,(H,45,49)(H,47,48);1H4;3*1H2/t37-,38-,39+,40-;;;;/m0..../s1. The molecular formula is C45H59N7O4S3. The molecule has 5 aromatic rings. The van der Waals surface area contributed by atoms with E-state index in [1.807, 2.05) is 90.5 Å². The van der Waals surface area contributed by atoms with E-state index in [1.54, 1.807) is 0 Å². The summed E-state index contributed by atoms with van der Waals surface area (Å²) in [5.74, 6) is 8.29. The van der Waals surface area contributed by atoms with E-state index in [1.165, 1.54) is 13.5 Å². The third kappa shape index (κ3) is 10.9. The zero-order chi connectivity index (χ0) is 38.5. The molecule has 59 heavy (non-hydrogen) atoms. The lowest BCUT2D eigenvalue weighted by Crippen LogP contribution is -2.40. The Morgan fingerprint density at radius 3 is 2.08 bits per heavy atom. The number of nitrogens with zero attached hydrogens (tertiary/aromatic N) is 5. The molecule has 2 amide bonds. The number of likely N-dealkylation sites (tertiary alicyclic amines) is 2. The normalized spacial score (nSPS) is 17.1. The van der Waals surface area contributed by atoms with Crippen molar-refractivity contribution in [2.45, 2.75) is 84.8 Å². The highest BCUT2D eigenvalue weighted by atomic mass is 32.1. The van der Waals surface area contributed by atoms with E-state index in [2.05, 4.69) is 57.7 Å². The van der Waals surface area contributed by atoms with Crippen LogP contribution >= 0.6 is 40.5 Å². The van der Waals surface area contributed by atoms with Gasteiger partial charge in [0.05, 0.1) is 48.0 Å². The number of benzene rings is 3. The topological polar surface area (TPSA) is 129 Å². The summed E-state index contributed by atoms with van der Waals surface area (Å²) in [4.78, 5) is 61.7. The first-order valence-corrected chi connectivity index (χ1v) is 19.3. The van der Waals surface area contributed by atoms with Crippen LogP contribution in [0, 0.1) is 23.7 Å². The first-order chi connectivity index (χ1) is 26.7. The van der Waals surface area contributed by atoms with Crippen molar-refractivity contribution in [2.75, 3.05) is 20.2 Å². The molecule has 3 aromatic carbocycles. The van der Waals surface area contributed by atoms with Gasteiger partial charge >= 0.3 is 0 Å². The number of hydrogen-bond acceptors (Lipinski definition) is 7. The molecule has 0 bridgehead atoms. The van der Waals surface area contributed by atoms with Crippen LogP contribution < -0.4 is 0 Å². The van der Waals surface area contributed by atoms with E-state index in [9.17, 15) is 9.59 Å². The van der Waals surface area contributed by atoms with Gasteiger partial charge in [0.25, 0.3) is 0 Å². The van der Waals surface area contributed by atoms with Gasteiger partial charge in [0, 0.05) is 24.2 Å². The molecule has 0 aliphatic carbocycles. The van der Waals surface area contributed by atoms with Crippen molar-refractivity contribution in [2.24, 2.45) is 16.8 Å². The minimum absolute atomic E-state index is 0. The molecule has 4 atom stereocenters. The molecule has 2 N–H and O–H groups in total. The summed E-state index contributed by atoms with van der Waals surface area (Å²) in [5.41, 5.74) is 6.43. The summed E-state index contributed by atoms with van der Waals surface area (Å²) >= 11 is 0. The molecule has 2 fully saturated rings. The second kappa shape index (κ2) is 22.1. The average molecular weight is 858 g/mol. The van der Waals surface area contributed by atoms with E-state index in [4.69, 9.17) is 14.9 Å². The van der Waals surface area contributed by atoms with Gasteiger partial charge < -0.3 is 24.7 Å². The van der Waals surface area contributed by atoms with E-state index in [0.29, 0.717) is 6.54 Å². The molecule has 2 saturated heterocycles. The number of hydrogen-bond donors (Lipinski definition) is 2. The number of carbonyl (C=O) groups is 2. The summed E-state index contributed by atoms with van der Waals surface area (Å²) < 4.78 is 0. The fraction of sp³-hybridized carbons (Fsp3) is 0.400. The maximum atomic E-state index is 13.9. The van der Waals surface area contributed by atoms with E-state index >= 15 is 0 Å². The highest BCUT2D eigenvalue weighted by Gasteiger charge is 2.38. The van der Waals surface area contributed by atoms with E-state index in [-0.39, 0.29) is 89.6 Å². The fourth-order valence-electron chi connectivity index (χ4n) is 7.90. The quantitative estimate of drug-likeness (QED) is 0.0450. The number of aliphatic imine (C=N–C) groups is 1. The van der Waals surface area contributed by atoms with Crippen LogP contribution in [0.15, 0.2) is 84.0 Å². The third-order valence-corrected chi connectivity index (χ3v) is 10.7. The summed E-state index contributed by atoms with van der Waals surface area (Å²) in [5, 5.41) is 0. The number of amides is 2. The van der Waals surface area contributed by atoms with Gasteiger partial charge in [-0.05, 0) is 79.0 Å². The van der Waals surface area contributed by atoms with Crippen LogP contribution in [0.5, 0.6) is 0 Å². The molecule has 0 unspecified atom stereocenters. The number of nitrogens with one attached hydrogen (secondary N) is 2. The van der Waals surface area contributed by atoms with Gasteiger partial charge in [-0.25, -0.2) is 15.0 Å². The number of fused-ring (bicyclic) bond motifs is 1. The molecule has 0 spiro atoms. The molecule has 0 radical (unpaired) electrons. The van der Waals surface area contributed by atoms with Gasteiger partial charge in [-0.1, -0.05) is 89.4 Å². The summed E-state index contributed by atoms with van der Waals surface area (Å²) in [7, 11) is 1.40. The zero-order valence-electron chi connectivity index (χ0n) is 33.7. The van der Waals surface area contributed by atoms with Crippen LogP contribution in [-0.2, 0) is 19.4 Å². The molecule has 2 aromatic heterocycles. The van der Waals surface area contributed by atoms with Crippen molar-refractivity contribution in [3.63, 3.8) is 0 Å². The van der Waals surface area contributed by atoms with Crippen LogP contribution in [0.1, 0.15) is 107 Å². The van der Waals surface area contributed by atoms with Crippen LogP contribution in [0.4, 0.5) is 0 Å². The number of aromatic amines is 2. The SMILES string of the molecule is C.COOC=N[C@H](C(=O)N1CCC[C@H]1c1nc2ccc(C#Cc3ccc(-c4cnc([C@@H]5CCCN5C(=O)[C@@H](c5ccccc5)C(C)C)[nH]4)cc3)cc2[nH]1)C(C)C.S.S.S. The van der Waals surface area contributed by atoms with E-state index in [0.717, 1.165) is 82.9 Å². The van der Waals surface area contributed by atoms with Crippen LogP contribution in [0.2, 0.25) is 0 Å². The highest BCUT2D eigenvalue weighted by molar-refractivity contribution is 7.59. The minimum atomic E-state index is -0.573. The van der Waals surface area contributed by atoms with Crippen molar-refractivity contribution < 1.29 is 19.4 Å². The van der Waals surface area contributed by atoms with Crippen LogP contribution in [0.25, 0.3) is 22.3 Å². The number of carbonyl (C=O) groups excluding carboxylic acids is 2. The molecule has 14 heteroatoms. The smallest absolute Gasteiger partial charge is 0.248 e. The van der Waals surface area contributed by atoms with Gasteiger partial charge in [-0.3, -0.25) is 9.59 Å². The molecule has 11 nitrogen and oxygen atoms in total. The van der Waals surface area contributed by atoms with Crippen molar-refractivity contribution >= 4 is 69.7 Å². The van der Waals surface area contributed by atoms with Gasteiger partial charge in [0.15, 0.2) is 0 Å². The summed E-state index contributed by atoms with van der Waals surface area (Å²) in [6.07, 6.45) is 6.60. The van der Waals surface area contributed by atoms with Gasteiger partial charge in [-0.15, -0.1) is 0 Å². The molecule has 7 rings (SSSR count). The lowest BCUT2D eigenvalue weighted by Gasteiger charge is -2.30. The Morgan fingerprint density at radius 1 is 0.814 bits per heavy atom. The fourth-order valence-corrected chi connectivity index (χ4v) is 7.90. The van der Waals surface area contributed by atoms with Crippen molar-refractivity contribution in [1.29, 1.82) is 0 Å². The number of rotatable bonds is 11. The van der Waals surface area contributed by atoms with Crippen molar-refractivity contribution in [3.8, 4) is 23.1 Å². The molecule has 316 valence electrons. The van der Waals surface area contributed by atoms with Crippen LogP contribution in [0.3, 0.4) is 0 Å². The predicted octanol–water partition coefficient (Wildman–Crippen LogP) is 8.72. The second-order valence-corrected chi connectivity index (χ2v) is 15.1. The lowest BCUT2D eigenvalue weighted by molar-refractivity contribution is -0.188. The third-order valence-electron chi connectivity index (χ3n) is 10.7. The largest absolute Gasteiger partial charge is 0.340 e.